The predicted molar refractivity (Wildman–Crippen MR) is 43.5 cm³/mol. The van der Waals surface area contributed by atoms with Gasteiger partial charge in [0.15, 0.2) is 0 Å². The lowest BCUT2D eigenvalue weighted by Crippen LogP contribution is -2.21. The Morgan fingerprint density at radius 2 is 2.36 bits per heavy atom. The molecule has 0 bridgehead atoms. The maximum Gasteiger partial charge on any atom is 0.0986 e. The number of nitrogens with zero attached hydrogens (tertiary/aromatic N) is 1. The van der Waals surface area contributed by atoms with E-state index in [4.69, 9.17) is 9.47 Å². The van der Waals surface area contributed by atoms with E-state index in [2.05, 4.69) is 0 Å². The fourth-order valence-corrected chi connectivity index (χ4v) is 1.14. The second-order valence-corrected chi connectivity index (χ2v) is 3.21. The van der Waals surface area contributed by atoms with Crippen molar-refractivity contribution < 1.29 is 9.47 Å². The summed E-state index contributed by atoms with van der Waals surface area (Å²) in [4.78, 5) is 2.01. The summed E-state index contributed by atoms with van der Waals surface area (Å²) >= 11 is 0. The number of hydrogen-bond donors (Lipinski definition) is 0. The average molecular weight is 159 g/mol. The molecule has 1 heterocycles. The molecule has 0 N–H and O–H groups in total. The lowest BCUT2D eigenvalue weighted by atomic mass is 10.2. The van der Waals surface area contributed by atoms with Gasteiger partial charge in [0.05, 0.1) is 19.4 Å². The van der Waals surface area contributed by atoms with Crippen LogP contribution in [-0.2, 0) is 9.47 Å². The van der Waals surface area contributed by atoms with Crippen LogP contribution in [0.15, 0.2) is 0 Å². The van der Waals surface area contributed by atoms with E-state index in [-0.39, 0.29) is 0 Å². The lowest BCUT2D eigenvalue weighted by molar-refractivity contribution is -0.0141. The van der Waals surface area contributed by atoms with Crippen molar-refractivity contribution in [2.45, 2.75) is 18.9 Å². The van der Waals surface area contributed by atoms with Crippen molar-refractivity contribution in [2.75, 3.05) is 34.0 Å². The molecule has 0 spiro atoms. The van der Waals surface area contributed by atoms with E-state index < -0.39 is 0 Å². The van der Waals surface area contributed by atoms with Crippen molar-refractivity contribution in [2.24, 2.45) is 0 Å². The monoisotopic (exact) mass is 159 g/mol. The first-order valence-electron chi connectivity index (χ1n) is 4.13. The van der Waals surface area contributed by atoms with Crippen LogP contribution in [0.5, 0.6) is 0 Å². The van der Waals surface area contributed by atoms with Gasteiger partial charge in [-0.15, -0.1) is 0 Å². The molecule has 0 saturated carbocycles. The zero-order valence-electron chi connectivity index (χ0n) is 7.38. The van der Waals surface area contributed by atoms with Crippen LogP contribution in [0.3, 0.4) is 0 Å². The van der Waals surface area contributed by atoms with E-state index >= 15 is 0 Å². The first kappa shape index (κ1) is 8.97. The molecule has 0 radical (unpaired) electrons. The molecule has 11 heavy (non-hydrogen) atoms. The average Bonchev–Trinajstić information content (AvgIpc) is 2.39. The normalized spacial score (nSPS) is 24.8. The van der Waals surface area contributed by atoms with Crippen LogP contribution in [0, 0.1) is 0 Å². The maximum absolute atomic E-state index is 5.39. The fourth-order valence-electron chi connectivity index (χ4n) is 1.14. The Kier molecular flexibility index (Phi) is 3.83. The minimum absolute atomic E-state index is 0.356. The quantitative estimate of drug-likeness (QED) is 0.564. The number of hydrogen-bond acceptors (Lipinski definition) is 3. The summed E-state index contributed by atoms with van der Waals surface area (Å²) in [5, 5.41) is 0. The van der Waals surface area contributed by atoms with Gasteiger partial charge in [-0.3, -0.25) is 4.90 Å². The maximum atomic E-state index is 5.39. The summed E-state index contributed by atoms with van der Waals surface area (Å²) in [7, 11) is 3.99. The van der Waals surface area contributed by atoms with Gasteiger partial charge in [-0.2, -0.15) is 0 Å². The molecule has 0 aromatic carbocycles. The molecule has 1 aliphatic heterocycles. The summed E-state index contributed by atoms with van der Waals surface area (Å²) in [6.45, 7) is 2.36. The van der Waals surface area contributed by atoms with Crippen LogP contribution in [0.1, 0.15) is 12.8 Å². The van der Waals surface area contributed by atoms with E-state index in [1.165, 1.54) is 6.42 Å². The molecule has 0 aromatic heterocycles. The Balaban J connectivity index is 1.94. The molecule has 0 amide bonds. The highest BCUT2D eigenvalue weighted by molar-refractivity contribution is 4.62. The zero-order chi connectivity index (χ0) is 8.10. The van der Waals surface area contributed by atoms with Crippen molar-refractivity contribution in [3.8, 4) is 0 Å². The summed E-state index contributed by atoms with van der Waals surface area (Å²) in [5.41, 5.74) is 0. The molecule has 1 unspecified atom stereocenters. The van der Waals surface area contributed by atoms with Gasteiger partial charge in [-0.05, 0) is 26.9 Å². The highest BCUT2D eigenvalue weighted by Crippen LogP contribution is 2.11. The zero-order valence-corrected chi connectivity index (χ0v) is 7.38. The van der Waals surface area contributed by atoms with Gasteiger partial charge in [0.2, 0.25) is 0 Å². The van der Waals surface area contributed by atoms with E-state index in [1.54, 1.807) is 0 Å². The molecule has 3 nitrogen and oxygen atoms in total. The fraction of sp³-hybridized carbons (Fsp3) is 1.00. The minimum atomic E-state index is 0.356. The Hall–Kier alpha value is -0.120. The molecule has 1 rings (SSSR count). The molecule has 1 atom stereocenters. The van der Waals surface area contributed by atoms with Crippen molar-refractivity contribution in [1.82, 2.24) is 4.90 Å². The van der Waals surface area contributed by atoms with Gasteiger partial charge < -0.3 is 9.47 Å². The second-order valence-electron chi connectivity index (χ2n) is 3.21. The lowest BCUT2D eigenvalue weighted by Gasteiger charge is -2.13. The van der Waals surface area contributed by atoms with Crippen molar-refractivity contribution in [3.05, 3.63) is 0 Å². The molecule has 0 aliphatic carbocycles. The molecule has 1 fully saturated rings. The van der Waals surface area contributed by atoms with Gasteiger partial charge in [0.25, 0.3) is 0 Å². The van der Waals surface area contributed by atoms with Gasteiger partial charge >= 0.3 is 0 Å². The van der Waals surface area contributed by atoms with Crippen LogP contribution in [0.4, 0.5) is 0 Å². The number of rotatable bonds is 4. The van der Waals surface area contributed by atoms with Gasteiger partial charge in [-0.25, -0.2) is 0 Å². The molecule has 1 saturated heterocycles. The van der Waals surface area contributed by atoms with E-state index in [1.807, 2.05) is 19.0 Å². The highest BCUT2D eigenvalue weighted by Gasteiger charge is 2.14. The largest absolute Gasteiger partial charge is 0.376 e. The van der Waals surface area contributed by atoms with Crippen molar-refractivity contribution >= 4 is 0 Å². The Morgan fingerprint density at radius 1 is 1.55 bits per heavy atom. The van der Waals surface area contributed by atoms with Crippen LogP contribution < -0.4 is 0 Å². The molecular weight excluding hydrogens is 142 g/mol. The summed E-state index contributed by atoms with van der Waals surface area (Å²) < 4.78 is 10.8. The number of ether oxygens (including phenoxy) is 2. The topological polar surface area (TPSA) is 21.7 Å². The summed E-state index contributed by atoms with van der Waals surface area (Å²) in [5.74, 6) is 0. The van der Waals surface area contributed by atoms with Crippen molar-refractivity contribution in [3.63, 3.8) is 0 Å². The molecule has 0 aromatic rings. The van der Waals surface area contributed by atoms with Crippen LogP contribution in [-0.4, -0.2) is 45.0 Å². The Bertz CT molecular complexity index is 100. The van der Waals surface area contributed by atoms with Crippen LogP contribution in [0.2, 0.25) is 0 Å². The standard InChI is InChI=1S/C8H17NO2/c1-9(2)7-10-6-8-4-3-5-11-8/h8H,3-7H2,1-2H3. The summed E-state index contributed by atoms with van der Waals surface area (Å²) in [6.07, 6.45) is 2.71. The smallest absolute Gasteiger partial charge is 0.0986 e. The second kappa shape index (κ2) is 4.70. The predicted octanol–water partition coefficient (Wildman–Crippen LogP) is 0.701. The molecule has 66 valence electrons. The van der Waals surface area contributed by atoms with Gasteiger partial charge in [0.1, 0.15) is 0 Å². The van der Waals surface area contributed by atoms with E-state index in [0.29, 0.717) is 12.8 Å². The first-order valence-corrected chi connectivity index (χ1v) is 4.13. The molecule has 3 heteroatoms. The van der Waals surface area contributed by atoms with Gasteiger partial charge in [-0.1, -0.05) is 0 Å². The minimum Gasteiger partial charge on any atom is -0.376 e. The van der Waals surface area contributed by atoms with Crippen LogP contribution >= 0.6 is 0 Å². The van der Waals surface area contributed by atoms with Crippen molar-refractivity contribution in [1.29, 1.82) is 0 Å². The third-order valence-corrected chi connectivity index (χ3v) is 1.68. The first-order chi connectivity index (χ1) is 5.29. The molecule has 1 aliphatic rings. The third kappa shape index (κ3) is 3.70. The van der Waals surface area contributed by atoms with Gasteiger partial charge in [0, 0.05) is 6.61 Å². The Morgan fingerprint density at radius 3 is 2.91 bits per heavy atom. The SMILES string of the molecule is CN(C)COCC1CCCO1. The third-order valence-electron chi connectivity index (χ3n) is 1.68. The van der Waals surface area contributed by atoms with Crippen LogP contribution in [0.25, 0.3) is 0 Å². The summed E-state index contributed by atoms with van der Waals surface area (Å²) in [6, 6.07) is 0. The Labute approximate surface area is 68.3 Å². The van der Waals surface area contributed by atoms with E-state index in [9.17, 15) is 0 Å². The van der Waals surface area contributed by atoms with E-state index in [0.717, 1.165) is 19.6 Å². The molecular formula is C8H17NO2. The highest BCUT2D eigenvalue weighted by atomic mass is 16.5.